The molecule has 2 aromatic carbocycles. The van der Waals surface area contributed by atoms with Crippen LogP contribution in [0.4, 0.5) is 23.7 Å². The molecule has 0 spiro atoms. The number of aryl methyl sites for hydroxylation is 1. The van der Waals surface area contributed by atoms with E-state index in [0.717, 1.165) is 23.3 Å². The summed E-state index contributed by atoms with van der Waals surface area (Å²) < 4.78 is 39.7. The van der Waals surface area contributed by atoms with Crippen LogP contribution in [0.1, 0.15) is 16.7 Å². The number of halogens is 3. The molecule has 0 aliphatic heterocycles. The second-order valence-corrected chi connectivity index (χ2v) is 6.01. The normalized spacial score (nSPS) is 11.3. The van der Waals surface area contributed by atoms with E-state index in [4.69, 9.17) is 0 Å². The lowest BCUT2D eigenvalue weighted by atomic mass is 10.1. The van der Waals surface area contributed by atoms with Gasteiger partial charge in [-0.05, 0) is 30.7 Å². The van der Waals surface area contributed by atoms with Crippen LogP contribution in [0.15, 0.2) is 60.9 Å². The van der Waals surface area contributed by atoms with Gasteiger partial charge in [-0.15, -0.1) is 0 Å². The fourth-order valence-corrected chi connectivity index (χ4v) is 2.42. The SMILES string of the molecule is Cc1ccc(CNC(=O)Nc2cnn(-c3cccc(C(F)(F)F)c3)c2)cc1. The Hall–Kier alpha value is -3.29. The molecule has 0 atom stereocenters. The van der Waals surface area contributed by atoms with Gasteiger partial charge in [-0.1, -0.05) is 35.9 Å². The Kier molecular flexibility index (Phi) is 5.16. The van der Waals surface area contributed by atoms with Gasteiger partial charge in [0, 0.05) is 6.54 Å². The molecule has 0 bridgehead atoms. The molecule has 3 aromatic rings. The lowest BCUT2D eigenvalue weighted by Crippen LogP contribution is -2.27. The van der Waals surface area contributed by atoms with Crippen LogP contribution in [0.25, 0.3) is 5.69 Å². The minimum atomic E-state index is -4.43. The molecule has 0 unspecified atom stereocenters. The molecule has 0 radical (unpaired) electrons. The molecule has 0 fully saturated rings. The second-order valence-electron chi connectivity index (χ2n) is 6.01. The molecule has 0 aliphatic carbocycles. The molecule has 1 aromatic heterocycles. The summed E-state index contributed by atoms with van der Waals surface area (Å²) in [5.41, 5.74) is 1.94. The van der Waals surface area contributed by atoms with Crippen molar-refractivity contribution in [1.29, 1.82) is 0 Å². The van der Waals surface area contributed by atoms with Crippen LogP contribution in [0.3, 0.4) is 0 Å². The van der Waals surface area contributed by atoms with Crippen LogP contribution in [-0.2, 0) is 12.7 Å². The maximum atomic E-state index is 12.8. The number of nitrogens with zero attached hydrogens (tertiary/aromatic N) is 2. The number of hydrogen-bond donors (Lipinski definition) is 2. The maximum absolute atomic E-state index is 12.8. The molecule has 27 heavy (non-hydrogen) atoms. The molecular formula is C19H17F3N4O. The first-order chi connectivity index (χ1) is 12.8. The largest absolute Gasteiger partial charge is 0.416 e. The Balaban J connectivity index is 1.62. The van der Waals surface area contributed by atoms with Crippen molar-refractivity contribution in [2.75, 3.05) is 5.32 Å². The molecule has 5 nitrogen and oxygen atoms in total. The van der Waals surface area contributed by atoms with Gasteiger partial charge in [-0.25, -0.2) is 9.48 Å². The first kappa shape index (κ1) is 18.5. The summed E-state index contributed by atoms with van der Waals surface area (Å²) >= 11 is 0. The highest BCUT2D eigenvalue weighted by Crippen LogP contribution is 2.30. The van der Waals surface area contributed by atoms with Crippen molar-refractivity contribution in [3.8, 4) is 5.69 Å². The van der Waals surface area contributed by atoms with Gasteiger partial charge in [0.1, 0.15) is 0 Å². The van der Waals surface area contributed by atoms with E-state index in [2.05, 4.69) is 15.7 Å². The average Bonchev–Trinajstić information content (AvgIpc) is 3.09. The van der Waals surface area contributed by atoms with Gasteiger partial charge in [0.15, 0.2) is 0 Å². The third-order valence-corrected chi connectivity index (χ3v) is 3.85. The summed E-state index contributed by atoms with van der Waals surface area (Å²) in [5.74, 6) is 0. The average molecular weight is 374 g/mol. The van der Waals surface area contributed by atoms with Crippen molar-refractivity contribution in [2.45, 2.75) is 19.6 Å². The predicted octanol–water partition coefficient (Wildman–Crippen LogP) is 4.52. The van der Waals surface area contributed by atoms with E-state index in [9.17, 15) is 18.0 Å². The number of rotatable bonds is 4. The Morgan fingerprint density at radius 1 is 1.15 bits per heavy atom. The molecule has 0 saturated heterocycles. The van der Waals surface area contributed by atoms with E-state index in [1.54, 1.807) is 0 Å². The quantitative estimate of drug-likeness (QED) is 0.705. The molecular weight excluding hydrogens is 357 g/mol. The summed E-state index contributed by atoms with van der Waals surface area (Å²) in [4.78, 5) is 12.0. The molecule has 0 saturated carbocycles. The summed E-state index contributed by atoms with van der Waals surface area (Å²) in [5, 5.41) is 9.31. The summed E-state index contributed by atoms with van der Waals surface area (Å²) in [7, 11) is 0. The number of amides is 2. The summed E-state index contributed by atoms with van der Waals surface area (Å²) in [6.07, 6.45) is -1.62. The molecule has 0 aliphatic rings. The number of anilines is 1. The highest BCUT2D eigenvalue weighted by atomic mass is 19.4. The number of benzene rings is 2. The van der Waals surface area contributed by atoms with Crippen molar-refractivity contribution in [2.24, 2.45) is 0 Å². The minimum absolute atomic E-state index is 0.248. The predicted molar refractivity (Wildman–Crippen MR) is 95.6 cm³/mol. The zero-order valence-corrected chi connectivity index (χ0v) is 14.4. The van der Waals surface area contributed by atoms with Gasteiger partial charge in [0.25, 0.3) is 0 Å². The van der Waals surface area contributed by atoms with Gasteiger partial charge < -0.3 is 10.6 Å². The molecule has 8 heteroatoms. The Bertz CT molecular complexity index is 933. The van der Waals surface area contributed by atoms with Crippen molar-refractivity contribution in [1.82, 2.24) is 15.1 Å². The van der Waals surface area contributed by atoms with Gasteiger partial charge in [-0.3, -0.25) is 0 Å². The monoisotopic (exact) mass is 374 g/mol. The van der Waals surface area contributed by atoms with Gasteiger partial charge in [0.2, 0.25) is 0 Å². The first-order valence-electron chi connectivity index (χ1n) is 8.14. The number of alkyl halides is 3. The number of hydrogen-bond acceptors (Lipinski definition) is 2. The smallest absolute Gasteiger partial charge is 0.334 e. The maximum Gasteiger partial charge on any atom is 0.416 e. The fraction of sp³-hybridized carbons (Fsp3) is 0.158. The van der Waals surface area contributed by atoms with Gasteiger partial charge in [-0.2, -0.15) is 18.3 Å². The van der Waals surface area contributed by atoms with E-state index < -0.39 is 17.8 Å². The Morgan fingerprint density at radius 2 is 1.89 bits per heavy atom. The van der Waals surface area contributed by atoms with Crippen molar-refractivity contribution < 1.29 is 18.0 Å². The highest BCUT2D eigenvalue weighted by Gasteiger charge is 2.30. The molecule has 140 valence electrons. The van der Waals surface area contributed by atoms with Crippen LogP contribution in [-0.4, -0.2) is 15.8 Å². The second kappa shape index (κ2) is 7.53. The van der Waals surface area contributed by atoms with Crippen LogP contribution >= 0.6 is 0 Å². The van der Waals surface area contributed by atoms with Crippen molar-refractivity contribution >= 4 is 11.7 Å². The topological polar surface area (TPSA) is 59.0 Å². The first-order valence-corrected chi connectivity index (χ1v) is 8.14. The highest BCUT2D eigenvalue weighted by molar-refractivity contribution is 5.88. The molecule has 2 amide bonds. The van der Waals surface area contributed by atoms with Crippen molar-refractivity contribution in [3.05, 3.63) is 77.6 Å². The molecule has 3 rings (SSSR count). The van der Waals surface area contributed by atoms with E-state index in [0.29, 0.717) is 12.2 Å². The van der Waals surface area contributed by atoms with E-state index in [-0.39, 0.29) is 5.69 Å². The van der Waals surface area contributed by atoms with Crippen LogP contribution in [0, 0.1) is 6.92 Å². The lowest BCUT2D eigenvalue weighted by Gasteiger charge is -2.08. The molecule has 1 heterocycles. The number of nitrogens with one attached hydrogen (secondary N) is 2. The van der Waals surface area contributed by atoms with Crippen LogP contribution in [0.2, 0.25) is 0 Å². The zero-order valence-electron chi connectivity index (χ0n) is 14.4. The number of carbonyl (C=O) groups excluding carboxylic acids is 1. The standard InChI is InChI=1S/C19H17F3N4O/c1-13-5-7-14(8-6-13)10-23-18(27)25-16-11-24-26(12-16)17-4-2-3-15(9-17)19(20,21)22/h2-9,11-12H,10H2,1H3,(H2,23,25,27). The van der Waals surface area contributed by atoms with Gasteiger partial charge >= 0.3 is 12.2 Å². The summed E-state index contributed by atoms with van der Waals surface area (Å²) in [6.45, 7) is 2.33. The third-order valence-electron chi connectivity index (χ3n) is 3.85. The van der Waals surface area contributed by atoms with Crippen LogP contribution < -0.4 is 10.6 Å². The van der Waals surface area contributed by atoms with Gasteiger partial charge in [0.05, 0.1) is 29.3 Å². The third kappa shape index (κ3) is 4.87. The molecule has 2 N–H and O–H groups in total. The lowest BCUT2D eigenvalue weighted by molar-refractivity contribution is -0.137. The van der Waals surface area contributed by atoms with Crippen LogP contribution in [0.5, 0.6) is 0 Å². The van der Waals surface area contributed by atoms with E-state index in [1.165, 1.54) is 29.2 Å². The minimum Gasteiger partial charge on any atom is -0.334 e. The van der Waals surface area contributed by atoms with E-state index in [1.807, 2.05) is 31.2 Å². The Labute approximate surface area is 153 Å². The zero-order chi connectivity index (χ0) is 19.4. The number of urea groups is 1. The van der Waals surface area contributed by atoms with E-state index >= 15 is 0 Å². The summed E-state index contributed by atoms with van der Waals surface area (Å²) in [6, 6.07) is 12.1. The Morgan fingerprint density at radius 3 is 2.59 bits per heavy atom. The fourth-order valence-electron chi connectivity index (χ4n) is 2.42. The van der Waals surface area contributed by atoms with Crippen molar-refractivity contribution in [3.63, 3.8) is 0 Å². The number of carbonyl (C=O) groups is 1. The number of aromatic nitrogens is 2.